The van der Waals surface area contributed by atoms with Crippen LogP contribution < -0.4 is 63.7 Å². The fourth-order valence-corrected chi connectivity index (χ4v) is 21.0. The summed E-state index contributed by atoms with van der Waals surface area (Å²) in [5.74, 6) is 0.989. The molecule has 0 aliphatic heterocycles. The Bertz CT molecular complexity index is 3950. The number of halogens is 1. The topological polar surface area (TPSA) is 43.6 Å². The molecule has 0 bridgehead atoms. The Morgan fingerprint density at radius 3 is 0.810 bits per heavy atom. The Morgan fingerprint density at radius 2 is 0.560 bits per heavy atom. The molecule has 15 aromatic rings. The standard InChI is InChI=1S/C19H18N4.4C18H15P.ClH/c1-14-20-8-9-23(14)13-19-11-18(12-21-22-19)17-7-6-15-4-2-3-5-16(15)10-17;4*1-4-10-16(11-5-1)19(17-12-6-2-7-13-17)18-14-8-3-9-15-18;/h2-5,8-12H,6-7,13H2,1H3;4*1-15H;1H. The van der Waals surface area contributed by atoms with Gasteiger partial charge >= 0.3 is 0 Å². The van der Waals surface area contributed by atoms with E-state index in [1.54, 1.807) is 0 Å². The summed E-state index contributed by atoms with van der Waals surface area (Å²) in [4.78, 5) is 4.25. The molecule has 0 atom stereocenters. The summed E-state index contributed by atoms with van der Waals surface area (Å²) in [6.07, 6.45) is 10.1. The summed E-state index contributed by atoms with van der Waals surface area (Å²) in [7, 11) is -1.78. The molecule has 1 aliphatic carbocycles. The summed E-state index contributed by atoms with van der Waals surface area (Å²) in [6, 6.07) is 140. The van der Waals surface area contributed by atoms with Crippen molar-refractivity contribution in [3.63, 3.8) is 0 Å². The van der Waals surface area contributed by atoms with Crippen molar-refractivity contribution in [2.45, 2.75) is 26.3 Å². The molecule has 0 spiro atoms. The van der Waals surface area contributed by atoms with E-state index in [1.165, 1.54) is 85.9 Å². The minimum atomic E-state index is -0.446. The SMILES string of the molecule is Cc1nccn1Cc1cc(C2=Cc3ccccc3CC2)cnn1.Cl.c1ccc(P(c2ccccc2)c2ccccc2)cc1.c1ccc(P(c2ccccc2)c2ccccc2)cc1.c1ccc(P(c2ccccc2)c2ccccc2)cc1.c1ccc(P(c2ccccc2)c2ccccc2)cc1. The quantitative estimate of drug-likeness (QED) is 0.0961. The van der Waals surface area contributed by atoms with Gasteiger partial charge in [0, 0.05) is 12.4 Å². The lowest BCUT2D eigenvalue weighted by Crippen LogP contribution is -2.20. The van der Waals surface area contributed by atoms with Crippen molar-refractivity contribution >= 4 is 119 Å². The zero-order chi connectivity index (χ0) is 67.3. The predicted octanol–water partition coefficient (Wildman–Crippen LogP) is 17.7. The van der Waals surface area contributed by atoms with Gasteiger partial charge in [-0.2, -0.15) is 10.2 Å². The molecular formula is C91H79ClN4P4. The molecule has 100 heavy (non-hydrogen) atoms. The van der Waals surface area contributed by atoms with Crippen LogP contribution in [-0.2, 0) is 13.0 Å². The first kappa shape index (κ1) is 71.2. The zero-order valence-corrected chi connectivity index (χ0v) is 60.3. The lowest BCUT2D eigenvalue weighted by molar-refractivity contribution is 0.725. The van der Waals surface area contributed by atoms with Gasteiger partial charge in [-0.1, -0.05) is 394 Å². The van der Waals surface area contributed by atoms with E-state index >= 15 is 0 Å². The van der Waals surface area contributed by atoms with E-state index in [4.69, 9.17) is 0 Å². The van der Waals surface area contributed by atoms with Crippen LogP contribution in [0.2, 0.25) is 0 Å². The Hall–Kier alpha value is -10.1. The summed E-state index contributed by atoms with van der Waals surface area (Å²) >= 11 is 0. The maximum absolute atomic E-state index is 4.27. The number of hydrogen-bond acceptors (Lipinski definition) is 3. The summed E-state index contributed by atoms with van der Waals surface area (Å²) in [5, 5.41) is 25.2. The molecule has 0 radical (unpaired) electrons. The summed E-state index contributed by atoms with van der Waals surface area (Å²) in [5.41, 5.74) is 6.21. The van der Waals surface area contributed by atoms with Crippen LogP contribution in [0, 0.1) is 6.92 Å². The number of hydrogen-bond donors (Lipinski definition) is 0. The highest BCUT2D eigenvalue weighted by atomic mass is 35.5. The van der Waals surface area contributed by atoms with Crippen molar-refractivity contribution in [3.8, 4) is 0 Å². The fourth-order valence-electron chi connectivity index (χ4n) is 11.8. The molecule has 9 heteroatoms. The molecule has 490 valence electrons. The van der Waals surface area contributed by atoms with Crippen LogP contribution in [0.25, 0.3) is 11.6 Å². The van der Waals surface area contributed by atoms with E-state index in [1.807, 2.05) is 25.5 Å². The highest BCUT2D eigenvalue weighted by Crippen LogP contribution is 2.36. The number of aromatic nitrogens is 4. The smallest absolute Gasteiger partial charge is 0.105 e. The highest BCUT2D eigenvalue weighted by Gasteiger charge is 2.20. The van der Waals surface area contributed by atoms with Crippen molar-refractivity contribution in [1.29, 1.82) is 0 Å². The minimum absolute atomic E-state index is 0. The first-order chi connectivity index (χ1) is 49.1. The lowest BCUT2D eigenvalue weighted by Gasteiger charge is -2.18. The molecule has 0 amide bonds. The van der Waals surface area contributed by atoms with Gasteiger partial charge in [0.25, 0.3) is 0 Å². The molecule has 0 unspecified atom stereocenters. The third-order valence-corrected chi connectivity index (χ3v) is 26.3. The van der Waals surface area contributed by atoms with Crippen LogP contribution in [0.15, 0.2) is 413 Å². The molecule has 1 aliphatic rings. The van der Waals surface area contributed by atoms with Crippen LogP contribution >= 0.6 is 44.1 Å². The van der Waals surface area contributed by atoms with Gasteiger partial charge in [-0.05, 0) is 143 Å². The van der Waals surface area contributed by atoms with E-state index in [2.05, 4.69) is 420 Å². The monoisotopic (exact) mass is 1390 g/mol. The number of imidazole rings is 1. The number of rotatable bonds is 15. The normalized spacial score (nSPS) is 11.2. The van der Waals surface area contributed by atoms with Crippen molar-refractivity contribution in [1.82, 2.24) is 19.7 Å². The lowest BCUT2D eigenvalue weighted by atomic mass is 9.89. The number of nitrogens with zero attached hydrogens (tertiary/aromatic N) is 4. The summed E-state index contributed by atoms with van der Waals surface area (Å²) in [6.45, 7) is 2.70. The number of fused-ring (bicyclic) bond motifs is 1. The Balaban J connectivity index is 0.000000126. The van der Waals surface area contributed by atoms with Gasteiger partial charge in [0.05, 0.1) is 18.4 Å². The minimum Gasteiger partial charge on any atom is -0.329 e. The first-order valence-electron chi connectivity index (χ1n) is 33.5. The molecule has 4 nitrogen and oxygen atoms in total. The van der Waals surface area contributed by atoms with E-state index in [0.717, 1.165) is 24.4 Å². The van der Waals surface area contributed by atoms with Gasteiger partial charge in [0.2, 0.25) is 0 Å². The van der Waals surface area contributed by atoms with Gasteiger partial charge in [-0.25, -0.2) is 4.98 Å². The Kier molecular flexibility index (Phi) is 27.3. The second-order valence-corrected chi connectivity index (χ2v) is 32.2. The van der Waals surface area contributed by atoms with Crippen LogP contribution in [-0.4, -0.2) is 19.7 Å². The molecule has 13 aromatic carbocycles. The van der Waals surface area contributed by atoms with Crippen molar-refractivity contribution in [2.75, 3.05) is 0 Å². The van der Waals surface area contributed by atoms with Crippen molar-refractivity contribution < 1.29 is 0 Å². The molecule has 2 heterocycles. The second kappa shape index (κ2) is 38.3. The van der Waals surface area contributed by atoms with Gasteiger partial charge in [-0.3, -0.25) is 0 Å². The molecular weight excluding hydrogens is 1310 g/mol. The zero-order valence-electron chi connectivity index (χ0n) is 55.9. The van der Waals surface area contributed by atoms with E-state index in [9.17, 15) is 0 Å². The van der Waals surface area contributed by atoms with Gasteiger partial charge in [0.1, 0.15) is 5.82 Å². The van der Waals surface area contributed by atoms with Crippen LogP contribution in [0.3, 0.4) is 0 Å². The first-order valence-corrected chi connectivity index (χ1v) is 38.9. The summed E-state index contributed by atoms with van der Waals surface area (Å²) < 4.78 is 2.08. The number of benzene rings is 13. The largest absolute Gasteiger partial charge is 0.329 e. The van der Waals surface area contributed by atoms with Gasteiger partial charge in [-0.15, -0.1) is 12.4 Å². The molecule has 0 saturated heterocycles. The van der Waals surface area contributed by atoms with Crippen LogP contribution in [0.4, 0.5) is 0 Å². The van der Waals surface area contributed by atoms with E-state index in [-0.39, 0.29) is 12.4 Å². The highest BCUT2D eigenvalue weighted by molar-refractivity contribution is 7.81. The van der Waals surface area contributed by atoms with E-state index in [0.29, 0.717) is 6.54 Å². The third kappa shape index (κ3) is 20.1. The van der Waals surface area contributed by atoms with Crippen molar-refractivity contribution in [2.24, 2.45) is 0 Å². The van der Waals surface area contributed by atoms with Crippen LogP contribution in [0.5, 0.6) is 0 Å². The van der Waals surface area contributed by atoms with Crippen LogP contribution in [0.1, 0.15) is 34.6 Å². The molecule has 0 saturated carbocycles. The Labute approximate surface area is 602 Å². The number of allylic oxidation sites excluding steroid dienone is 1. The van der Waals surface area contributed by atoms with E-state index < -0.39 is 31.7 Å². The Morgan fingerprint density at radius 1 is 0.310 bits per heavy atom. The molecule has 2 aromatic heterocycles. The average molecular weight is 1390 g/mol. The maximum atomic E-state index is 4.27. The number of aryl methyl sites for hydroxylation is 2. The molecule has 16 rings (SSSR count). The second-order valence-electron chi connectivity index (χ2n) is 23.3. The molecule has 0 N–H and O–H groups in total. The average Bonchev–Trinajstić information content (AvgIpc) is 0.982. The van der Waals surface area contributed by atoms with Gasteiger partial charge in [0.15, 0.2) is 0 Å². The third-order valence-electron chi connectivity index (χ3n) is 16.6. The maximum Gasteiger partial charge on any atom is 0.105 e. The predicted molar refractivity (Wildman–Crippen MR) is 439 cm³/mol. The molecule has 0 fully saturated rings. The fraction of sp³-hybridized carbons (Fsp3) is 0.0440. The van der Waals surface area contributed by atoms with Gasteiger partial charge < -0.3 is 4.57 Å². The van der Waals surface area contributed by atoms with Crippen molar-refractivity contribution in [3.05, 3.63) is 441 Å².